The van der Waals surface area contributed by atoms with Crippen LogP contribution in [-0.2, 0) is 13.0 Å². The smallest absolute Gasteiger partial charge is 0.324 e. The number of nitrogens with one attached hydrogen (secondary N) is 1. The summed E-state index contributed by atoms with van der Waals surface area (Å²) in [4.78, 5) is 25.7. The molecule has 3 rings (SSSR count). The predicted molar refractivity (Wildman–Crippen MR) is 89.9 cm³/mol. The third kappa shape index (κ3) is 3.33. The maximum absolute atomic E-state index is 12.3. The monoisotopic (exact) mass is 348 g/mol. The van der Waals surface area contributed by atoms with Crippen LogP contribution in [0.5, 0.6) is 0 Å². The highest BCUT2D eigenvalue weighted by Crippen LogP contribution is 2.32. The van der Waals surface area contributed by atoms with E-state index in [1.54, 1.807) is 12.1 Å². The molecular formula is C17H14Cl2N2O2. The highest BCUT2D eigenvalue weighted by atomic mass is 35.5. The Morgan fingerprint density at radius 2 is 1.91 bits per heavy atom. The Balaban J connectivity index is 1.63. The lowest BCUT2D eigenvalue weighted by Crippen LogP contribution is -2.40. The number of carbonyl (C=O) groups is 2. The number of benzene rings is 2. The van der Waals surface area contributed by atoms with E-state index in [1.807, 2.05) is 30.3 Å². The minimum atomic E-state index is -0.422. The first kappa shape index (κ1) is 15.8. The van der Waals surface area contributed by atoms with Crippen LogP contribution in [0.3, 0.4) is 0 Å². The van der Waals surface area contributed by atoms with Crippen molar-refractivity contribution in [3.05, 3.63) is 69.2 Å². The third-order valence-electron chi connectivity index (χ3n) is 3.73. The summed E-state index contributed by atoms with van der Waals surface area (Å²) >= 11 is 12.0. The number of urea groups is 1. The molecule has 2 aromatic rings. The molecule has 0 saturated carbocycles. The van der Waals surface area contributed by atoms with Gasteiger partial charge in [0.05, 0.1) is 6.54 Å². The van der Waals surface area contributed by atoms with Gasteiger partial charge >= 0.3 is 6.03 Å². The SMILES string of the molecule is O=C(NCCc1ccccc1)N1Cc2c(Cl)cc(Cl)cc2C1=O. The number of imide groups is 1. The largest absolute Gasteiger partial charge is 0.337 e. The summed E-state index contributed by atoms with van der Waals surface area (Å²) in [5, 5.41) is 3.55. The minimum Gasteiger partial charge on any atom is -0.337 e. The number of rotatable bonds is 3. The summed E-state index contributed by atoms with van der Waals surface area (Å²) in [5.74, 6) is -0.374. The summed E-state index contributed by atoms with van der Waals surface area (Å²) in [6.07, 6.45) is 0.703. The van der Waals surface area contributed by atoms with Crippen LogP contribution in [0.2, 0.25) is 10.0 Å². The van der Waals surface area contributed by atoms with Gasteiger partial charge in [0.25, 0.3) is 5.91 Å². The van der Waals surface area contributed by atoms with E-state index >= 15 is 0 Å². The molecule has 6 heteroatoms. The van der Waals surface area contributed by atoms with E-state index in [0.29, 0.717) is 34.1 Å². The van der Waals surface area contributed by atoms with Crippen molar-refractivity contribution in [2.45, 2.75) is 13.0 Å². The van der Waals surface area contributed by atoms with Gasteiger partial charge in [-0.1, -0.05) is 53.5 Å². The molecule has 0 spiro atoms. The van der Waals surface area contributed by atoms with Crippen LogP contribution >= 0.6 is 23.2 Å². The van der Waals surface area contributed by atoms with Gasteiger partial charge in [0.2, 0.25) is 0 Å². The second-order valence-electron chi connectivity index (χ2n) is 5.27. The summed E-state index contributed by atoms with van der Waals surface area (Å²) in [6, 6.07) is 12.5. The number of carbonyl (C=O) groups excluding carboxylic acids is 2. The Hall–Kier alpha value is -2.04. The lowest BCUT2D eigenvalue weighted by Gasteiger charge is -2.14. The lowest BCUT2D eigenvalue weighted by molar-refractivity contribution is 0.0821. The van der Waals surface area contributed by atoms with Gasteiger partial charge in [-0.05, 0) is 24.1 Å². The van der Waals surface area contributed by atoms with Crippen LogP contribution in [0.1, 0.15) is 21.5 Å². The van der Waals surface area contributed by atoms with E-state index in [9.17, 15) is 9.59 Å². The zero-order valence-corrected chi connectivity index (χ0v) is 13.7. The van der Waals surface area contributed by atoms with Crippen molar-refractivity contribution in [1.29, 1.82) is 0 Å². The second kappa shape index (κ2) is 6.60. The van der Waals surface area contributed by atoms with Crippen LogP contribution in [0.15, 0.2) is 42.5 Å². The maximum Gasteiger partial charge on any atom is 0.324 e. The number of hydrogen-bond acceptors (Lipinski definition) is 2. The fraction of sp³-hybridized carbons (Fsp3) is 0.176. The molecule has 0 saturated heterocycles. The van der Waals surface area contributed by atoms with Crippen molar-refractivity contribution >= 4 is 35.1 Å². The first-order chi connectivity index (χ1) is 11.1. The van der Waals surface area contributed by atoms with E-state index in [-0.39, 0.29) is 12.5 Å². The maximum atomic E-state index is 12.3. The molecule has 0 atom stereocenters. The molecule has 23 heavy (non-hydrogen) atoms. The van der Waals surface area contributed by atoms with Gasteiger partial charge in [0, 0.05) is 27.7 Å². The molecular weight excluding hydrogens is 335 g/mol. The molecule has 1 N–H and O–H groups in total. The van der Waals surface area contributed by atoms with E-state index in [1.165, 1.54) is 0 Å². The summed E-state index contributed by atoms with van der Waals surface area (Å²) in [5.41, 5.74) is 2.15. The normalized spacial score (nSPS) is 13.1. The molecule has 0 aliphatic carbocycles. The van der Waals surface area contributed by atoms with Crippen molar-refractivity contribution in [2.75, 3.05) is 6.54 Å². The number of nitrogens with zero attached hydrogens (tertiary/aromatic N) is 1. The van der Waals surface area contributed by atoms with Crippen LogP contribution < -0.4 is 5.32 Å². The molecule has 1 heterocycles. The Morgan fingerprint density at radius 1 is 1.17 bits per heavy atom. The average Bonchev–Trinajstić information content (AvgIpc) is 2.86. The van der Waals surface area contributed by atoms with Crippen molar-refractivity contribution < 1.29 is 9.59 Å². The van der Waals surface area contributed by atoms with E-state index in [4.69, 9.17) is 23.2 Å². The Morgan fingerprint density at radius 3 is 2.65 bits per heavy atom. The van der Waals surface area contributed by atoms with Crippen LogP contribution in [0.4, 0.5) is 4.79 Å². The Kier molecular flexibility index (Phi) is 4.55. The second-order valence-corrected chi connectivity index (χ2v) is 6.12. The van der Waals surface area contributed by atoms with E-state index in [2.05, 4.69) is 5.32 Å². The van der Waals surface area contributed by atoms with Gasteiger partial charge in [-0.2, -0.15) is 0 Å². The molecule has 4 nitrogen and oxygen atoms in total. The van der Waals surface area contributed by atoms with Crippen molar-refractivity contribution in [3.63, 3.8) is 0 Å². The average molecular weight is 349 g/mol. The van der Waals surface area contributed by atoms with Gasteiger partial charge in [-0.3, -0.25) is 9.69 Å². The Bertz CT molecular complexity index is 763. The Labute approximate surface area is 144 Å². The van der Waals surface area contributed by atoms with Crippen LogP contribution in [-0.4, -0.2) is 23.4 Å². The molecule has 0 unspecified atom stereocenters. The van der Waals surface area contributed by atoms with Crippen molar-refractivity contribution in [3.8, 4) is 0 Å². The zero-order valence-electron chi connectivity index (χ0n) is 12.2. The molecule has 3 amide bonds. The van der Waals surface area contributed by atoms with Crippen molar-refractivity contribution in [2.24, 2.45) is 0 Å². The topological polar surface area (TPSA) is 49.4 Å². The summed E-state index contributed by atoms with van der Waals surface area (Å²) < 4.78 is 0. The van der Waals surface area contributed by atoms with Gasteiger partial charge in [0.15, 0.2) is 0 Å². The van der Waals surface area contributed by atoms with Gasteiger partial charge in [-0.15, -0.1) is 0 Å². The third-order valence-corrected chi connectivity index (χ3v) is 4.29. The lowest BCUT2D eigenvalue weighted by atomic mass is 10.1. The first-order valence-corrected chi connectivity index (χ1v) is 7.93. The fourth-order valence-corrected chi connectivity index (χ4v) is 3.10. The number of hydrogen-bond donors (Lipinski definition) is 1. The predicted octanol–water partition coefficient (Wildman–Crippen LogP) is 3.90. The summed E-state index contributed by atoms with van der Waals surface area (Å²) in [6.45, 7) is 0.624. The van der Waals surface area contributed by atoms with Gasteiger partial charge < -0.3 is 5.32 Å². The van der Waals surface area contributed by atoms with Gasteiger partial charge in [0.1, 0.15) is 0 Å². The highest BCUT2D eigenvalue weighted by molar-refractivity contribution is 6.36. The first-order valence-electron chi connectivity index (χ1n) is 7.18. The fourth-order valence-electron chi connectivity index (χ4n) is 2.55. The number of halogens is 2. The molecule has 118 valence electrons. The minimum absolute atomic E-state index is 0.168. The molecule has 1 aliphatic heterocycles. The summed E-state index contributed by atoms with van der Waals surface area (Å²) in [7, 11) is 0. The van der Waals surface area contributed by atoms with Gasteiger partial charge in [-0.25, -0.2) is 4.79 Å². The standard InChI is InChI=1S/C17H14Cl2N2O2/c18-12-8-13-14(15(19)9-12)10-21(16(13)22)17(23)20-7-6-11-4-2-1-3-5-11/h1-5,8-9H,6-7,10H2,(H,20,23). The number of fused-ring (bicyclic) bond motifs is 1. The molecule has 1 aliphatic rings. The molecule has 0 radical (unpaired) electrons. The molecule has 2 aromatic carbocycles. The van der Waals surface area contributed by atoms with Crippen LogP contribution in [0, 0.1) is 0 Å². The van der Waals surface area contributed by atoms with E-state index < -0.39 is 6.03 Å². The molecule has 0 fully saturated rings. The molecule has 0 bridgehead atoms. The van der Waals surface area contributed by atoms with E-state index in [0.717, 1.165) is 10.5 Å². The van der Waals surface area contributed by atoms with Crippen molar-refractivity contribution in [1.82, 2.24) is 10.2 Å². The number of amides is 3. The molecule has 0 aromatic heterocycles. The zero-order chi connectivity index (χ0) is 16.4. The van der Waals surface area contributed by atoms with Crippen LogP contribution in [0.25, 0.3) is 0 Å². The quantitative estimate of drug-likeness (QED) is 0.914. The highest BCUT2D eigenvalue weighted by Gasteiger charge is 2.33.